The third kappa shape index (κ3) is 3.36. The molecule has 0 saturated heterocycles. The SMILES string of the molecule is O=Cc1cn(Cc2ccc(OC(F)(F)F)cc2)c2ccccc12. The van der Waals surface area contributed by atoms with Gasteiger partial charge in [-0.1, -0.05) is 30.3 Å². The molecule has 3 rings (SSSR count). The number of hydrogen-bond donors (Lipinski definition) is 0. The van der Waals surface area contributed by atoms with Crippen molar-refractivity contribution in [3.63, 3.8) is 0 Å². The molecule has 6 heteroatoms. The number of ether oxygens (including phenoxy) is 1. The molecule has 3 nitrogen and oxygen atoms in total. The van der Waals surface area contributed by atoms with Gasteiger partial charge in [-0.2, -0.15) is 0 Å². The Morgan fingerprint density at radius 2 is 1.74 bits per heavy atom. The zero-order valence-corrected chi connectivity index (χ0v) is 11.9. The summed E-state index contributed by atoms with van der Waals surface area (Å²) in [7, 11) is 0. The van der Waals surface area contributed by atoms with Crippen LogP contribution >= 0.6 is 0 Å². The fourth-order valence-corrected chi connectivity index (χ4v) is 2.49. The van der Waals surface area contributed by atoms with E-state index in [1.807, 2.05) is 28.8 Å². The smallest absolute Gasteiger partial charge is 0.406 e. The van der Waals surface area contributed by atoms with Gasteiger partial charge in [-0.05, 0) is 23.8 Å². The van der Waals surface area contributed by atoms with E-state index in [4.69, 9.17) is 0 Å². The minimum Gasteiger partial charge on any atom is -0.406 e. The molecule has 0 fully saturated rings. The van der Waals surface area contributed by atoms with E-state index in [2.05, 4.69) is 4.74 Å². The molecule has 2 aromatic carbocycles. The molecule has 0 saturated carbocycles. The average Bonchev–Trinajstić information content (AvgIpc) is 2.86. The maximum Gasteiger partial charge on any atom is 0.573 e. The summed E-state index contributed by atoms with van der Waals surface area (Å²) in [5.74, 6) is -0.257. The molecule has 118 valence electrons. The van der Waals surface area contributed by atoms with Crippen molar-refractivity contribution in [2.24, 2.45) is 0 Å². The normalized spacial score (nSPS) is 11.6. The number of carbonyl (C=O) groups excluding carboxylic acids is 1. The number of aldehydes is 1. The van der Waals surface area contributed by atoms with Crippen LogP contribution in [0.3, 0.4) is 0 Å². The Morgan fingerprint density at radius 1 is 1.04 bits per heavy atom. The molecule has 0 bridgehead atoms. The van der Waals surface area contributed by atoms with Gasteiger partial charge in [0, 0.05) is 29.2 Å². The Morgan fingerprint density at radius 3 is 2.39 bits per heavy atom. The van der Waals surface area contributed by atoms with Crippen LogP contribution in [0.4, 0.5) is 13.2 Å². The van der Waals surface area contributed by atoms with E-state index >= 15 is 0 Å². The molecule has 23 heavy (non-hydrogen) atoms. The zero-order chi connectivity index (χ0) is 16.4. The van der Waals surface area contributed by atoms with Crippen LogP contribution in [-0.4, -0.2) is 17.2 Å². The third-order valence-electron chi connectivity index (χ3n) is 3.46. The monoisotopic (exact) mass is 319 g/mol. The van der Waals surface area contributed by atoms with E-state index in [-0.39, 0.29) is 5.75 Å². The first-order chi connectivity index (χ1) is 11.0. The van der Waals surface area contributed by atoms with Gasteiger partial charge >= 0.3 is 6.36 Å². The molecule has 0 aliphatic rings. The maximum atomic E-state index is 12.1. The highest BCUT2D eigenvalue weighted by Gasteiger charge is 2.30. The number of alkyl halides is 3. The van der Waals surface area contributed by atoms with Crippen LogP contribution in [0.25, 0.3) is 10.9 Å². The zero-order valence-electron chi connectivity index (χ0n) is 11.9. The van der Waals surface area contributed by atoms with Crippen molar-refractivity contribution < 1.29 is 22.7 Å². The van der Waals surface area contributed by atoms with E-state index in [1.165, 1.54) is 12.1 Å². The highest BCUT2D eigenvalue weighted by molar-refractivity contribution is 5.97. The molecule has 0 amide bonds. The molecule has 0 unspecified atom stereocenters. The summed E-state index contributed by atoms with van der Waals surface area (Å²) in [6.45, 7) is 0.445. The number of benzene rings is 2. The molecular formula is C17H12F3NO2. The number of carbonyl (C=O) groups is 1. The lowest BCUT2D eigenvalue weighted by Crippen LogP contribution is -2.17. The molecule has 3 aromatic rings. The second-order valence-electron chi connectivity index (χ2n) is 5.04. The van der Waals surface area contributed by atoms with Gasteiger partial charge in [-0.25, -0.2) is 0 Å². The van der Waals surface area contributed by atoms with E-state index in [1.54, 1.807) is 18.3 Å². The van der Waals surface area contributed by atoms with Crippen molar-refractivity contribution in [1.82, 2.24) is 4.57 Å². The van der Waals surface area contributed by atoms with Crippen molar-refractivity contribution in [3.05, 3.63) is 65.9 Å². The van der Waals surface area contributed by atoms with Crippen molar-refractivity contribution in [1.29, 1.82) is 0 Å². The fourth-order valence-electron chi connectivity index (χ4n) is 2.49. The first-order valence-electron chi connectivity index (χ1n) is 6.84. The Labute approximate surface area is 129 Å². The van der Waals surface area contributed by atoms with Gasteiger partial charge in [0.1, 0.15) is 5.75 Å². The Balaban J connectivity index is 1.86. The molecule has 0 aliphatic heterocycles. The number of hydrogen-bond acceptors (Lipinski definition) is 2. The van der Waals surface area contributed by atoms with Crippen LogP contribution in [-0.2, 0) is 6.54 Å². The first kappa shape index (κ1) is 15.1. The average molecular weight is 319 g/mol. The fraction of sp³-hybridized carbons (Fsp3) is 0.118. The summed E-state index contributed by atoms with van der Waals surface area (Å²) in [5.41, 5.74) is 2.28. The molecule has 0 radical (unpaired) electrons. The lowest BCUT2D eigenvalue weighted by atomic mass is 10.2. The van der Waals surface area contributed by atoms with Crippen LogP contribution in [0.2, 0.25) is 0 Å². The van der Waals surface area contributed by atoms with Crippen molar-refractivity contribution in [2.45, 2.75) is 12.9 Å². The van der Waals surface area contributed by atoms with Crippen molar-refractivity contribution in [3.8, 4) is 5.75 Å². The molecule has 0 N–H and O–H groups in total. The van der Waals surface area contributed by atoms with Crippen LogP contribution in [0.15, 0.2) is 54.7 Å². The molecule has 1 aromatic heterocycles. The Hall–Kier alpha value is -2.76. The van der Waals surface area contributed by atoms with Gasteiger partial charge in [0.05, 0.1) is 0 Å². The van der Waals surface area contributed by atoms with E-state index in [0.717, 1.165) is 22.8 Å². The lowest BCUT2D eigenvalue weighted by molar-refractivity contribution is -0.274. The number of nitrogens with zero attached hydrogens (tertiary/aromatic N) is 1. The number of para-hydroxylation sites is 1. The molecular weight excluding hydrogens is 307 g/mol. The van der Waals surface area contributed by atoms with E-state index in [9.17, 15) is 18.0 Å². The second-order valence-corrected chi connectivity index (χ2v) is 5.04. The highest BCUT2D eigenvalue weighted by Crippen LogP contribution is 2.24. The molecule has 0 spiro atoms. The Kier molecular flexibility index (Phi) is 3.82. The summed E-state index contributed by atoms with van der Waals surface area (Å²) >= 11 is 0. The summed E-state index contributed by atoms with van der Waals surface area (Å²) in [4.78, 5) is 11.1. The van der Waals surface area contributed by atoms with Gasteiger partial charge in [0.2, 0.25) is 0 Å². The summed E-state index contributed by atoms with van der Waals surface area (Å²) < 4.78 is 42.2. The topological polar surface area (TPSA) is 31.2 Å². The molecule has 0 aliphatic carbocycles. The van der Waals surface area contributed by atoms with Crippen molar-refractivity contribution >= 4 is 17.2 Å². The van der Waals surface area contributed by atoms with Gasteiger partial charge in [-0.15, -0.1) is 13.2 Å². The predicted molar refractivity (Wildman–Crippen MR) is 79.6 cm³/mol. The van der Waals surface area contributed by atoms with Crippen LogP contribution < -0.4 is 4.74 Å². The van der Waals surface area contributed by atoms with Gasteiger partial charge in [-0.3, -0.25) is 4.79 Å². The Bertz CT molecular complexity index is 835. The van der Waals surface area contributed by atoms with E-state index < -0.39 is 6.36 Å². The van der Waals surface area contributed by atoms with Crippen LogP contribution in [0.5, 0.6) is 5.75 Å². The quantitative estimate of drug-likeness (QED) is 0.667. The number of fused-ring (bicyclic) bond motifs is 1. The number of halogens is 3. The third-order valence-corrected chi connectivity index (χ3v) is 3.46. The first-order valence-corrected chi connectivity index (χ1v) is 6.84. The largest absolute Gasteiger partial charge is 0.573 e. The molecule has 0 atom stereocenters. The summed E-state index contributed by atoms with van der Waals surface area (Å²) in [5, 5.41) is 0.847. The van der Waals surface area contributed by atoms with Crippen LogP contribution in [0, 0.1) is 0 Å². The maximum absolute atomic E-state index is 12.1. The van der Waals surface area contributed by atoms with E-state index in [0.29, 0.717) is 12.1 Å². The minimum atomic E-state index is -4.70. The standard InChI is InChI=1S/C17H12F3NO2/c18-17(19,20)23-14-7-5-12(6-8-14)9-21-10-13(11-22)15-3-1-2-4-16(15)21/h1-8,10-11H,9H2. The minimum absolute atomic E-state index is 0.257. The van der Waals surface area contributed by atoms with Crippen LogP contribution in [0.1, 0.15) is 15.9 Å². The van der Waals surface area contributed by atoms with Gasteiger partial charge in [0.25, 0.3) is 0 Å². The lowest BCUT2D eigenvalue weighted by Gasteiger charge is -2.10. The van der Waals surface area contributed by atoms with Gasteiger partial charge < -0.3 is 9.30 Å². The number of rotatable bonds is 4. The predicted octanol–water partition coefficient (Wildman–Crippen LogP) is 4.40. The highest BCUT2D eigenvalue weighted by atomic mass is 19.4. The second kappa shape index (κ2) is 5.79. The summed E-state index contributed by atoms with van der Waals surface area (Å²) in [6, 6.07) is 13.1. The summed E-state index contributed by atoms with van der Waals surface area (Å²) in [6.07, 6.45) is -2.17. The van der Waals surface area contributed by atoms with Gasteiger partial charge in [0.15, 0.2) is 6.29 Å². The number of aromatic nitrogens is 1. The van der Waals surface area contributed by atoms with Crippen molar-refractivity contribution in [2.75, 3.05) is 0 Å². The molecule has 1 heterocycles.